The second-order valence-corrected chi connectivity index (χ2v) is 3.88. The summed E-state index contributed by atoms with van der Waals surface area (Å²) in [6.45, 7) is 1.81. The second-order valence-electron chi connectivity index (χ2n) is 3.48. The molecule has 0 amide bonds. The van der Waals surface area contributed by atoms with Crippen molar-refractivity contribution in [1.29, 1.82) is 0 Å². The Labute approximate surface area is 96.8 Å². The van der Waals surface area contributed by atoms with E-state index < -0.39 is 5.82 Å². The normalized spacial score (nSPS) is 12.8. The molecule has 1 heterocycles. The minimum absolute atomic E-state index is 0.0512. The van der Waals surface area contributed by atoms with Gasteiger partial charge in [-0.3, -0.25) is 0 Å². The number of nitrogens with two attached hydrogens (primary N) is 1. The zero-order valence-electron chi connectivity index (χ0n) is 8.56. The van der Waals surface area contributed by atoms with Crippen molar-refractivity contribution in [3.8, 4) is 5.69 Å². The zero-order chi connectivity index (χ0) is 11.7. The summed E-state index contributed by atoms with van der Waals surface area (Å²) >= 11 is 5.67. The first-order chi connectivity index (χ1) is 7.58. The van der Waals surface area contributed by atoms with Crippen LogP contribution in [-0.2, 0) is 0 Å². The summed E-state index contributed by atoms with van der Waals surface area (Å²) in [6.07, 6.45) is 1.69. The van der Waals surface area contributed by atoms with E-state index in [1.54, 1.807) is 12.3 Å². The fourth-order valence-electron chi connectivity index (χ4n) is 1.24. The van der Waals surface area contributed by atoms with Gasteiger partial charge in [-0.1, -0.05) is 16.8 Å². The summed E-state index contributed by atoms with van der Waals surface area (Å²) in [7, 11) is 0. The molecule has 0 spiro atoms. The third kappa shape index (κ3) is 2.05. The van der Waals surface area contributed by atoms with Gasteiger partial charge in [-0.25, -0.2) is 9.07 Å². The smallest absolute Gasteiger partial charge is 0.141 e. The molecule has 1 aromatic carbocycles. The Bertz CT molecular complexity index is 509. The average Bonchev–Trinajstić information content (AvgIpc) is 2.71. The maximum Gasteiger partial charge on any atom is 0.141 e. The number of rotatable bonds is 2. The molecule has 2 rings (SSSR count). The van der Waals surface area contributed by atoms with Crippen LogP contribution in [0.15, 0.2) is 24.4 Å². The van der Waals surface area contributed by atoms with Gasteiger partial charge >= 0.3 is 0 Å². The Morgan fingerprint density at radius 2 is 2.25 bits per heavy atom. The van der Waals surface area contributed by atoms with E-state index in [0.717, 1.165) is 0 Å². The van der Waals surface area contributed by atoms with Gasteiger partial charge in [-0.2, -0.15) is 0 Å². The fraction of sp³-hybridized carbons (Fsp3) is 0.200. The first kappa shape index (κ1) is 11.0. The van der Waals surface area contributed by atoms with Crippen LogP contribution in [0.25, 0.3) is 5.69 Å². The van der Waals surface area contributed by atoms with E-state index in [0.29, 0.717) is 11.4 Å². The number of halogens is 2. The SMILES string of the molecule is CC(N)c1cn(-c2ccc(F)c(Cl)c2)nn1. The molecule has 2 N–H and O–H groups in total. The van der Waals surface area contributed by atoms with E-state index in [9.17, 15) is 4.39 Å². The number of hydrogen-bond donors (Lipinski definition) is 1. The Balaban J connectivity index is 2.39. The maximum atomic E-state index is 13.0. The molecule has 0 aliphatic carbocycles. The van der Waals surface area contributed by atoms with Crippen LogP contribution in [0.3, 0.4) is 0 Å². The molecule has 0 saturated carbocycles. The lowest BCUT2D eigenvalue weighted by Crippen LogP contribution is -2.04. The molecule has 1 unspecified atom stereocenters. The summed E-state index contributed by atoms with van der Waals surface area (Å²) in [6, 6.07) is 4.15. The van der Waals surface area contributed by atoms with Crippen LogP contribution in [-0.4, -0.2) is 15.0 Å². The van der Waals surface area contributed by atoms with Crippen molar-refractivity contribution in [3.05, 3.63) is 40.9 Å². The summed E-state index contributed by atoms with van der Waals surface area (Å²) < 4.78 is 14.5. The van der Waals surface area contributed by atoms with Gasteiger partial charge in [0.25, 0.3) is 0 Å². The average molecular weight is 241 g/mol. The fourth-order valence-corrected chi connectivity index (χ4v) is 1.41. The van der Waals surface area contributed by atoms with Crippen LogP contribution in [0.1, 0.15) is 18.7 Å². The highest BCUT2D eigenvalue weighted by molar-refractivity contribution is 6.30. The summed E-state index contributed by atoms with van der Waals surface area (Å²) in [5.41, 5.74) is 6.97. The second kappa shape index (κ2) is 4.19. The number of hydrogen-bond acceptors (Lipinski definition) is 3. The molecule has 2 aromatic rings. The van der Waals surface area contributed by atoms with Gasteiger partial charge in [0.1, 0.15) is 5.82 Å². The monoisotopic (exact) mass is 240 g/mol. The quantitative estimate of drug-likeness (QED) is 0.874. The van der Waals surface area contributed by atoms with Crippen molar-refractivity contribution in [2.75, 3.05) is 0 Å². The Morgan fingerprint density at radius 1 is 1.50 bits per heavy atom. The lowest BCUT2D eigenvalue weighted by Gasteiger charge is -2.01. The van der Waals surface area contributed by atoms with E-state index in [1.165, 1.54) is 16.8 Å². The molecule has 4 nitrogen and oxygen atoms in total. The molecule has 0 aliphatic heterocycles. The van der Waals surface area contributed by atoms with Crippen LogP contribution >= 0.6 is 11.6 Å². The predicted octanol–water partition coefficient (Wildman–Crippen LogP) is 2.08. The van der Waals surface area contributed by atoms with Gasteiger partial charge in [0.15, 0.2) is 0 Å². The van der Waals surface area contributed by atoms with Gasteiger partial charge in [0.05, 0.1) is 22.6 Å². The molecule has 0 radical (unpaired) electrons. The van der Waals surface area contributed by atoms with Crippen LogP contribution < -0.4 is 5.73 Å². The largest absolute Gasteiger partial charge is 0.323 e. The molecule has 0 bridgehead atoms. The Hall–Kier alpha value is -1.46. The van der Waals surface area contributed by atoms with Gasteiger partial charge in [0, 0.05) is 6.04 Å². The highest BCUT2D eigenvalue weighted by atomic mass is 35.5. The van der Waals surface area contributed by atoms with E-state index >= 15 is 0 Å². The van der Waals surface area contributed by atoms with Crippen molar-refractivity contribution in [1.82, 2.24) is 15.0 Å². The highest BCUT2D eigenvalue weighted by Gasteiger charge is 2.08. The van der Waals surface area contributed by atoms with Crippen LogP contribution in [0, 0.1) is 5.82 Å². The van der Waals surface area contributed by atoms with Crippen LogP contribution in [0.2, 0.25) is 5.02 Å². The van der Waals surface area contributed by atoms with Gasteiger partial charge in [-0.05, 0) is 25.1 Å². The topological polar surface area (TPSA) is 56.7 Å². The van der Waals surface area contributed by atoms with E-state index in [1.807, 2.05) is 6.92 Å². The van der Waals surface area contributed by atoms with E-state index in [2.05, 4.69) is 10.3 Å². The van der Waals surface area contributed by atoms with E-state index in [4.69, 9.17) is 17.3 Å². The Kier molecular flexibility index (Phi) is 2.89. The zero-order valence-corrected chi connectivity index (χ0v) is 9.32. The first-order valence-electron chi connectivity index (χ1n) is 4.71. The van der Waals surface area contributed by atoms with Crippen LogP contribution in [0.5, 0.6) is 0 Å². The summed E-state index contributed by atoms with van der Waals surface area (Å²) in [5.74, 6) is -0.460. The first-order valence-corrected chi connectivity index (χ1v) is 5.09. The van der Waals surface area contributed by atoms with Crippen molar-refractivity contribution < 1.29 is 4.39 Å². The molecule has 0 fully saturated rings. The Morgan fingerprint density at radius 3 is 2.81 bits per heavy atom. The predicted molar refractivity (Wildman–Crippen MR) is 58.9 cm³/mol. The molecular weight excluding hydrogens is 231 g/mol. The minimum atomic E-state index is -0.460. The minimum Gasteiger partial charge on any atom is -0.323 e. The standard InChI is InChI=1S/C10H10ClFN4/c1-6(13)10-5-16(15-14-10)7-2-3-9(12)8(11)4-7/h2-6H,13H2,1H3. The lowest BCUT2D eigenvalue weighted by atomic mass is 10.3. The third-order valence-corrected chi connectivity index (χ3v) is 2.44. The van der Waals surface area contributed by atoms with Gasteiger partial charge in [-0.15, -0.1) is 5.10 Å². The third-order valence-electron chi connectivity index (χ3n) is 2.15. The molecule has 0 aliphatic rings. The molecule has 6 heteroatoms. The molecular formula is C10H10ClFN4. The number of aromatic nitrogens is 3. The van der Waals surface area contributed by atoms with Gasteiger partial charge in [0.2, 0.25) is 0 Å². The van der Waals surface area contributed by atoms with E-state index in [-0.39, 0.29) is 11.1 Å². The van der Waals surface area contributed by atoms with Gasteiger partial charge < -0.3 is 5.73 Å². The number of nitrogens with zero attached hydrogens (tertiary/aromatic N) is 3. The van der Waals surface area contributed by atoms with Crippen molar-refractivity contribution in [3.63, 3.8) is 0 Å². The molecule has 1 aromatic heterocycles. The molecule has 84 valence electrons. The molecule has 1 atom stereocenters. The van der Waals surface area contributed by atoms with Crippen LogP contribution in [0.4, 0.5) is 4.39 Å². The summed E-state index contributed by atoms with van der Waals surface area (Å²) in [5, 5.41) is 7.83. The molecule has 16 heavy (non-hydrogen) atoms. The molecule has 0 saturated heterocycles. The maximum absolute atomic E-state index is 13.0. The highest BCUT2D eigenvalue weighted by Crippen LogP contribution is 2.18. The van der Waals surface area contributed by atoms with Crippen molar-refractivity contribution in [2.45, 2.75) is 13.0 Å². The summed E-state index contributed by atoms with van der Waals surface area (Å²) in [4.78, 5) is 0. The van der Waals surface area contributed by atoms with Crippen molar-refractivity contribution >= 4 is 11.6 Å². The lowest BCUT2D eigenvalue weighted by molar-refractivity contribution is 0.627. The van der Waals surface area contributed by atoms with Crippen molar-refractivity contribution in [2.24, 2.45) is 5.73 Å². The number of benzene rings is 1.